The zero-order chi connectivity index (χ0) is 17.9. The summed E-state index contributed by atoms with van der Waals surface area (Å²) in [6.07, 6.45) is 5.37. The van der Waals surface area contributed by atoms with Crippen LogP contribution in [0.1, 0.15) is 18.7 Å². The Kier molecular flexibility index (Phi) is 4.39. The molecule has 132 valence electrons. The van der Waals surface area contributed by atoms with E-state index in [0.29, 0.717) is 25.8 Å². The molecule has 2 aromatic heterocycles. The van der Waals surface area contributed by atoms with Gasteiger partial charge in [-0.25, -0.2) is 4.98 Å². The zero-order valence-corrected chi connectivity index (χ0v) is 14.3. The molecule has 6 heteroatoms. The van der Waals surface area contributed by atoms with E-state index in [1.54, 1.807) is 4.90 Å². The molecule has 1 unspecified atom stereocenters. The highest BCUT2D eigenvalue weighted by molar-refractivity contribution is 6.03. The van der Waals surface area contributed by atoms with Crippen molar-refractivity contribution in [1.29, 1.82) is 0 Å². The first kappa shape index (κ1) is 16.3. The third-order valence-electron chi connectivity index (χ3n) is 4.71. The van der Waals surface area contributed by atoms with Gasteiger partial charge in [-0.1, -0.05) is 24.3 Å². The number of pyridine rings is 1. The summed E-state index contributed by atoms with van der Waals surface area (Å²) >= 11 is 0. The zero-order valence-electron chi connectivity index (χ0n) is 14.3. The summed E-state index contributed by atoms with van der Waals surface area (Å²) in [6, 6.07) is 14.8. The number of rotatable bonds is 5. The van der Waals surface area contributed by atoms with Crippen molar-refractivity contribution in [1.82, 2.24) is 14.7 Å². The Labute approximate surface area is 151 Å². The van der Waals surface area contributed by atoms with Gasteiger partial charge in [0, 0.05) is 31.3 Å². The Morgan fingerprint density at radius 1 is 1.15 bits per heavy atom. The fourth-order valence-electron chi connectivity index (χ4n) is 3.44. The quantitative estimate of drug-likeness (QED) is 0.769. The number of benzene rings is 1. The molecule has 1 atom stereocenters. The van der Waals surface area contributed by atoms with Gasteiger partial charge in [-0.2, -0.15) is 0 Å². The summed E-state index contributed by atoms with van der Waals surface area (Å²) in [4.78, 5) is 30.9. The van der Waals surface area contributed by atoms with Crippen LogP contribution in [0.25, 0.3) is 5.52 Å². The van der Waals surface area contributed by atoms with E-state index in [1.165, 1.54) is 0 Å². The number of hydrogen-bond donors (Lipinski definition) is 1. The fourth-order valence-corrected chi connectivity index (χ4v) is 3.44. The van der Waals surface area contributed by atoms with Gasteiger partial charge in [0.2, 0.25) is 11.8 Å². The lowest BCUT2D eigenvalue weighted by molar-refractivity contribution is -0.123. The molecule has 1 aromatic carbocycles. The first-order valence-electron chi connectivity index (χ1n) is 8.80. The van der Waals surface area contributed by atoms with E-state index in [-0.39, 0.29) is 11.8 Å². The summed E-state index contributed by atoms with van der Waals surface area (Å²) in [7, 11) is 0. The van der Waals surface area contributed by atoms with Gasteiger partial charge in [-0.05, 0) is 30.7 Å². The predicted octanol–water partition coefficient (Wildman–Crippen LogP) is 2.19. The molecule has 6 nitrogen and oxygen atoms in total. The minimum absolute atomic E-state index is 0.00407. The Morgan fingerprint density at radius 2 is 1.96 bits per heavy atom. The molecule has 1 fully saturated rings. The van der Waals surface area contributed by atoms with E-state index in [4.69, 9.17) is 0 Å². The van der Waals surface area contributed by atoms with Crippen LogP contribution >= 0.6 is 0 Å². The third-order valence-corrected chi connectivity index (χ3v) is 4.71. The van der Waals surface area contributed by atoms with Crippen molar-refractivity contribution in [2.45, 2.75) is 25.3 Å². The second-order valence-electron chi connectivity index (χ2n) is 6.36. The number of aromatic nitrogens is 2. The van der Waals surface area contributed by atoms with Crippen LogP contribution < -0.4 is 10.2 Å². The smallest absolute Gasteiger partial charge is 0.243 e. The molecular formula is C20H20N4O2. The maximum absolute atomic E-state index is 12.6. The number of carbonyl (C=O) groups is 2. The molecule has 3 heterocycles. The van der Waals surface area contributed by atoms with Crippen LogP contribution in [0.2, 0.25) is 0 Å². The van der Waals surface area contributed by atoms with Crippen molar-refractivity contribution >= 4 is 23.0 Å². The fraction of sp³-hybridized carbons (Fsp3) is 0.250. The Balaban J connectivity index is 1.40. The number of nitrogens with zero attached hydrogens (tertiary/aromatic N) is 3. The molecule has 1 saturated heterocycles. The monoisotopic (exact) mass is 348 g/mol. The molecule has 1 N–H and O–H groups in total. The highest BCUT2D eigenvalue weighted by atomic mass is 16.2. The largest absolute Gasteiger partial charge is 0.354 e. The summed E-state index contributed by atoms with van der Waals surface area (Å²) in [5, 5.41) is 2.96. The van der Waals surface area contributed by atoms with Gasteiger partial charge < -0.3 is 9.72 Å². The normalized spacial score (nSPS) is 17.0. The number of fused-ring (bicyclic) bond motifs is 1. The molecular weight excluding hydrogens is 328 g/mol. The van der Waals surface area contributed by atoms with Gasteiger partial charge in [0.25, 0.3) is 0 Å². The lowest BCUT2D eigenvalue weighted by atomic mass is 10.2. The minimum atomic E-state index is -0.443. The molecule has 2 amide bonds. The van der Waals surface area contributed by atoms with Crippen LogP contribution in [0.5, 0.6) is 0 Å². The second kappa shape index (κ2) is 7.00. The van der Waals surface area contributed by atoms with Crippen molar-refractivity contribution in [3.63, 3.8) is 0 Å². The van der Waals surface area contributed by atoms with E-state index in [2.05, 4.69) is 10.3 Å². The summed E-state index contributed by atoms with van der Waals surface area (Å²) in [5.41, 5.74) is 1.81. The van der Waals surface area contributed by atoms with Crippen molar-refractivity contribution in [2.75, 3.05) is 11.4 Å². The summed E-state index contributed by atoms with van der Waals surface area (Å²) in [6.45, 7) is 0.486. The molecule has 26 heavy (non-hydrogen) atoms. The topological polar surface area (TPSA) is 66.7 Å². The lowest BCUT2D eigenvalue weighted by Crippen LogP contribution is -2.45. The maximum Gasteiger partial charge on any atom is 0.243 e. The first-order valence-corrected chi connectivity index (χ1v) is 8.80. The average Bonchev–Trinajstić information content (AvgIpc) is 3.26. The number of hydrogen-bond acceptors (Lipinski definition) is 3. The van der Waals surface area contributed by atoms with Crippen LogP contribution in [0.3, 0.4) is 0 Å². The van der Waals surface area contributed by atoms with Gasteiger partial charge in [0.15, 0.2) is 0 Å². The molecule has 0 radical (unpaired) electrons. The van der Waals surface area contributed by atoms with E-state index >= 15 is 0 Å². The number of anilines is 1. The Bertz CT molecular complexity index is 935. The minimum Gasteiger partial charge on any atom is -0.354 e. The van der Waals surface area contributed by atoms with Crippen molar-refractivity contribution < 1.29 is 9.59 Å². The molecule has 3 aromatic rings. The van der Waals surface area contributed by atoms with Crippen molar-refractivity contribution in [3.8, 4) is 0 Å². The molecule has 1 aliphatic rings. The molecule has 4 rings (SSSR count). The van der Waals surface area contributed by atoms with Gasteiger partial charge in [0.1, 0.15) is 11.9 Å². The van der Waals surface area contributed by atoms with Crippen LogP contribution in [-0.4, -0.2) is 33.8 Å². The maximum atomic E-state index is 12.6. The average molecular weight is 348 g/mol. The number of imidazole rings is 1. The Morgan fingerprint density at radius 3 is 2.81 bits per heavy atom. The number of carbonyl (C=O) groups excluding carboxylic acids is 2. The van der Waals surface area contributed by atoms with E-state index in [9.17, 15) is 9.59 Å². The highest BCUT2D eigenvalue weighted by Gasteiger charge is 2.36. The molecule has 0 spiro atoms. The summed E-state index contributed by atoms with van der Waals surface area (Å²) < 4.78 is 2.02. The van der Waals surface area contributed by atoms with Gasteiger partial charge in [0.05, 0.1) is 11.7 Å². The van der Waals surface area contributed by atoms with Crippen molar-refractivity contribution in [2.24, 2.45) is 0 Å². The van der Waals surface area contributed by atoms with E-state index in [1.807, 2.05) is 65.3 Å². The lowest BCUT2D eigenvalue weighted by Gasteiger charge is -2.24. The Hall–Kier alpha value is -3.15. The van der Waals surface area contributed by atoms with E-state index < -0.39 is 6.04 Å². The molecule has 0 saturated carbocycles. The predicted molar refractivity (Wildman–Crippen MR) is 98.9 cm³/mol. The van der Waals surface area contributed by atoms with Gasteiger partial charge in [-0.15, -0.1) is 0 Å². The first-order chi connectivity index (χ1) is 12.7. The summed E-state index contributed by atoms with van der Waals surface area (Å²) in [5.74, 6) is 0.791. The molecule has 0 bridgehead atoms. The number of nitrogens with one attached hydrogen (secondary N) is 1. The van der Waals surface area contributed by atoms with Crippen molar-refractivity contribution in [3.05, 3.63) is 66.7 Å². The number of amides is 2. The third kappa shape index (κ3) is 3.06. The van der Waals surface area contributed by atoms with Crippen LogP contribution in [0, 0.1) is 0 Å². The highest BCUT2D eigenvalue weighted by Crippen LogP contribution is 2.26. The SMILES string of the molecule is O=C(NCCc1ncc2ccccn12)C1CCC(=O)N1c1ccccc1. The van der Waals surface area contributed by atoms with Gasteiger partial charge in [-0.3, -0.25) is 14.5 Å². The van der Waals surface area contributed by atoms with Gasteiger partial charge >= 0.3 is 0 Å². The molecule has 0 aliphatic carbocycles. The van der Waals surface area contributed by atoms with Crippen LogP contribution in [-0.2, 0) is 16.0 Å². The standard InChI is InChI=1S/C20H20N4O2/c25-19-10-9-17(24(19)15-6-2-1-3-7-15)20(26)21-12-11-18-22-14-16-8-4-5-13-23(16)18/h1-8,13-14,17H,9-12H2,(H,21,26). The molecule has 1 aliphatic heterocycles. The van der Waals surface area contributed by atoms with Crippen LogP contribution in [0.15, 0.2) is 60.9 Å². The second-order valence-corrected chi connectivity index (χ2v) is 6.36. The van der Waals surface area contributed by atoms with E-state index in [0.717, 1.165) is 17.0 Å². The van der Waals surface area contributed by atoms with Crippen LogP contribution in [0.4, 0.5) is 5.69 Å². The number of para-hydroxylation sites is 1.